The number of rotatable bonds is 8. The number of hydrogen-bond acceptors (Lipinski definition) is 9. The molecule has 0 spiro atoms. The van der Waals surface area contributed by atoms with E-state index in [1.54, 1.807) is 40.0 Å². The molecule has 5 rings (SSSR count). The molecule has 3 fully saturated rings. The van der Waals surface area contributed by atoms with Gasteiger partial charge in [-0.2, -0.15) is 4.98 Å². The summed E-state index contributed by atoms with van der Waals surface area (Å²) in [6.07, 6.45) is 1.86. The van der Waals surface area contributed by atoms with Gasteiger partial charge in [-0.3, -0.25) is 9.36 Å². The number of aromatic nitrogens is 2. The molecule has 0 saturated carbocycles. The number of nitrogens with zero attached hydrogens (tertiary/aromatic N) is 3. The van der Waals surface area contributed by atoms with E-state index >= 15 is 0 Å². The summed E-state index contributed by atoms with van der Waals surface area (Å²) in [6.45, 7) is 11.8. The van der Waals surface area contributed by atoms with Crippen molar-refractivity contribution in [1.82, 2.24) is 14.2 Å². The van der Waals surface area contributed by atoms with Crippen molar-refractivity contribution < 1.29 is 28.1 Å². The molecule has 2 aromatic rings. The Balaban J connectivity index is 1.42. The molecule has 0 aliphatic carbocycles. The predicted octanol–water partition coefficient (Wildman–Crippen LogP) is 4.81. The molecule has 218 valence electrons. The van der Waals surface area contributed by atoms with Crippen molar-refractivity contribution in [3.8, 4) is 0 Å². The molecule has 1 unspecified atom stereocenters. The molecule has 3 aliphatic heterocycles. The molecular formula is C29H40N3O7P. The van der Waals surface area contributed by atoms with Crippen molar-refractivity contribution >= 4 is 14.5 Å². The second-order valence-corrected chi connectivity index (χ2v) is 13.2. The molecule has 3 aliphatic rings. The third-order valence-corrected chi connectivity index (χ3v) is 9.75. The van der Waals surface area contributed by atoms with Crippen LogP contribution < -0.4 is 5.69 Å². The number of esters is 1. The molecule has 3 saturated heterocycles. The lowest BCUT2D eigenvalue weighted by molar-refractivity contribution is -0.178. The quantitative estimate of drug-likeness (QED) is 0.250. The van der Waals surface area contributed by atoms with Gasteiger partial charge in [-0.25, -0.2) is 9.46 Å². The first kappa shape index (κ1) is 29.3. The molecule has 0 N–H and O–H groups in total. The zero-order valence-corrected chi connectivity index (χ0v) is 25.0. The maximum atomic E-state index is 12.9. The van der Waals surface area contributed by atoms with Gasteiger partial charge in [-0.15, -0.1) is 0 Å². The number of fused-ring (bicyclic) bond motifs is 1. The average molecular weight is 574 g/mol. The zero-order valence-electron chi connectivity index (χ0n) is 24.1. The van der Waals surface area contributed by atoms with Crippen LogP contribution in [0.1, 0.15) is 71.4 Å². The fourth-order valence-corrected chi connectivity index (χ4v) is 7.77. The normalized spacial score (nSPS) is 32.4. The Morgan fingerprint density at radius 2 is 1.95 bits per heavy atom. The molecule has 10 nitrogen and oxygen atoms in total. The van der Waals surface area contributed by atoms with Crippen LogP contribution in [-0.4, -0.2) is 57.9 Å². The van der Waals surface area contributed by atoms with Crippen LogP contribution in [0.25, 0.3) is 0 Å². The minimum Gasteiger partial charge on any atom is -0.438 e. The summed E-state index contributed by atoms with van der Waals surface area (Å²) in [7, 11) is -1.45. The standard InChI is InChI=1S/C29H40N3O7P/c1-7-21-23(38-40-32-16-11-14-22(32)29(6,39-40)20-12-9-8-10-13-20)24(35-18-36-26(33)28(3,4)5)25(37-21)31-17-15-19(2)30-27(31)34/h8-10,12-13,15,17,21-25H,7,11,14,16,18H2,1-6H3/t21-,22-,23?,24+,25-,29+,40-/m1/s1. The van der Waals surface area contributed by atoms with Crippen molar-refractivity contribution in [3.63, 3.8) is 0 Å². The third-order valence-electron chi connectivity index (χ3n) is 7.89. The van der Waals surface area contributed by atoms with E-state index in [9.17, 15) is 9.59 Å². The van der Waals surface area contributed by atoms with E-state index in [0.717, 1.165) is 24.9 Å². The minimum absolute atomic E-state index is 0.190. The highest BCUT2D eigenvalue weighted by atomic mass is 31.2. The molecule has 0 radical (unpaired) electrons. The number of aryl methyl sites for hydroxylation is 1. The molecule has 11 heteroatoms. The SMILES string of the molecule is CC[C@H]1O[C@@H](n2ccc(C)nc2=O)[C@@H](OCOC(=O)C(C)(C)C)C1O[P@]1O[C@@](C)(c2ccccc2)[C@H]2CCCN21. The fraction of sp³-hybridized carbons (Fsp3) is 0.621. The molecule has 4 heterocycles. The summed E-state index contributed by atoms with van der Waals surface area (Å²) in [6, 6.07) is 12.2. The molecule has 0 amide bonds. The summed E-state index contributed by atoms with van der Waals surface area (Å²) in [5.74, 6) is -0.385. The highest BCUT2D eigenvalue weighted by Gasteiger charge is 2.57. The van der Waals surface area contributed by atoms with Crippen LogP contribution in [0, 0.1) is 12.3 Å². The number of carbonyl (C=O) groups is 1. The van der Waals surface area contributed by atoms with Gasteiger partial charge in [-0.05, 0) is 65.5 Å². The van der Waals surface area contributed by atoms with Gasteiger partial charge >= 0.3 is 11.7 Å². The van der Waals surface area contributed by atoms with Gasteiger partial charge in [0.2, 0.25) is 0 Å². The van der Waals surface area contributed by atoms with Crippen molar-refractivity contribution in [2.24, 2.45) is 5.41 Å². The van der Waals surface area contributed by atoms with E-state index in [0.29, 0.717) is 12.1 Å². The van der Waals surface area contributed by atoms with Crippen LogP contribution in [0.3, 0.4) is 0 Å². The highest BCUT2D eigenvalue weighted by Crippen LogP contribution is 2.64. The number of ether oxygens (including phenoxy) is 3. The van der Waals surface area contributed by atoms with Crippen LogP contribution >= 0.6 is 8.53 Å². The Bertz CT molecular complexity index is 1250. The lowest BCUT2D eigenvalue weighted by atomic mass is 9.87. The van der Waals surface area contributed by atoms with Crippen LogP contribution in [0.15, 0.2) is 47.4 Å². The van der Waals surface area contributed by atoms with E-state index in [2.05, 4.69) is 28.7 Å². The van der Waals surface area contributed by atoms with Crippen molar-refractivity contribution in [2.45, 2.75) is 97.0 Å². The summed E-state index contributed by atoms with van der Waals surface area (Å²) >= 11 is 0. The Hall–Kier alpha value is -2.20. The van der Waals surface area contributed by atoms with Gasteiger partial charge < -0.3 is 23.3 Å². The summed E-state index contributed by atoms with van der Waals surface area (Å²) in [4.78, 5) is 29.4. The van der Waals surface area contributed by atoms with Crippen LogP contribution in [0.4, 0.5) is 0 Å². The van der Waals surface area contributed by atoms with Crippen molar-refractivity contribution in [1.29, 1.82) is 0 Å². The maximum Gasteiger partial charge on any atom is 0.349 e. The third kappa shape index (κ3) is 5.62. The Morgan fingerprint density at radius 1 is 1.20 bits per heavy atom. The maximum absolute atomic E-state index is 12.9. The average Bonchev–Trinajstić information content (AvgIpc) is 3.60. The number of benzene rings is 1. The molecule has 0 bridgehead atoms. The van der Waals surface area contributed by atoms with Gasteiger partial charge in [0.15, 0.2) is 13.0 Å². The minimum atomic E-state index is -1.45. The fourth-order valence-electron chi connectivity index (χ4n) is 5.62. The molecule has 7 atom stereocenters. The lowest BCUT2D eigenvalue weighted by Crippen LogP contribution is -2.40. The number of hydrogen-bond donors (Lipinski definition) is 0. The first-order valence-corrected chi connectivity index (χ1v) is 15.1. The predicted molar refractivity (Wildman–Crippen MR) is 149 cm³/mol. The van der Waals surface area contributed by atoms with Gasteiger partial charge in [0.25, 0.3) is 8.53 Å². The highest BCUT2D eigenvalue weighted by molar-refractivity contribution is 7.45. The first-order valence-electron chi connectivity index (χ1n) is 14.0. The van der Waals surface area contributed by atoms with Crippen LogP contribution in [-0.2, 0) is 33.7 Å². The zero-order chi connectivity index (χ0) is 28.7. The lowest BCUT2D eigenvalue weighted by Gasteiger charge is -2.30. The Morgan fingerprint density at radius 3 is 2.62 bits per heavy atom. The topological polar surface area (TPSA) is 101 Å². The van der Waals surface area contributed by atoms with E-state index in [4.69, 9.17) is 23.3 Å². The van der Waals surface area contributed by atoms with Gasteiger partial charge in [-0.1, -0.05) is 37.3 Å². The van der Waals surface area contributed by atoms with Gasteiger partial charge in [0.1, 0.15) is 17.8 Å². The van der Waals surface area contributed by atoms with Gasteiger partial charge in [0, 0.05) is 18.4 Å². The molecule has 40 heavy (non-hydrogen) atoms. The monoisotopic (exact) mass is 573 g/mol. The van der Waals surface area contributed by atoms with E-state index < -0.39 is 43.7 Å². The Kier molecular flexibility index (Phi) is 8.49. The summed E-state index contributed by atoms with van der Waals surface area (Å²) < 4.78 is 35.3. The second kappa shape index (κ2) is 11.6. The van der Waals surface area contributed by atoms with E-state index in [1.807, 2.05) is 25.1 Å². The smallest absolute Gasteiger partial charge is 0.349 e. The second-order valence-electron chi connectivity index (χ2n) is 11.9. The molecule has 1 aromatic heterocycles. The number of carbonyl (C=O) groups excluding carboxylic acids is 1. The largest absolute Gasteiger partial charge is 0.438 e. The van der Waals surface area contributed by atoms with Crippen LogP contribution in [0.5, 0.6) is 0 Å². The van der Waals surface area contributed by atoms with E-state index in [1.165, 1.54) is 4.57 Å². The molecular weight excluding hydrogens is 533 g/mol. The molecule has 1 aromatic carbocycles. The van der Waals surface area contributed by atoms with Crippen LogP contribution in [0.2, 0.25) is 0 Å². The van der Waals surface area contributed by atoms with Crippen molar-refractivity contribution in [2.75, 3.05) is 13.3 Å². The summed E-state index contributed by atoms with van der Waals surface area (Å²) in [5, 5.41) is 0. The Labute approximate surface area is 236 Å². The van der Waals surface area contributed by atoms with Gasteiger partial charge in [0.05, 0.1) is 17.6 Å². The van der Waals surface area contributed by atoms with E-state index in [-0.39, 0.29) is 24.9 Å². The van der Waals surface area contributed by atoms with Crippen molar-refractivity contribution in [3.05, 3.63) is 64.3 Å². The summed E-state index contributed by atoms with van der Waals surface area (Å²) in [5.41, 5.74) is 0.0914. The first-order chi connectivity index (χ1) is 19.0.